The fourth-order valence-electron chi connectivity index (χ4n) is 2.12. The van der Waals surface area contributed by atoms with Crippen molar-refractivity contribution in [3.63, 3.8) is 0 Å². The molecule has 2 N–H and O–H groups in total. The van der Waals surface area contributed by atoms with Crippen LogP contribution in [0.25, 0.3) is 6.08 Å². The Morgan fingerprint density at radius 2 is 2.04 bits per heavy atom. The van der Waals surface area contributed by atoms with Crippen molar-refractivity contribution in [1.29, 1.82) is 0 Å². The summed E-state index contributed by atoms with van der Waals surface area (Å²) in [6.45, 7) is 2.60. The molecule has 0 atom stereocenters. The van der Waals surface area contributed by atoms with Crippen molar-refractivity contribution in [2.75, 3.05) is 20.3 Å². The third kappa shape index (κ3) is 6.01. The summed E-state index contributed by atoms with van der Waals surface area (Å²) in [5.41, 5.74) is 0.780. The lowest BCUT2D eigenvalue weighted by molar-refractivity contribution is -0.124. The molecule has 7 nitrogen and oxygen atoms in total. The van der Waals surface area contributed by atoms with Crippen LogP contribution in [0.15, 0.2) is 47.1 Å². The van der Waals surface area contributed by atoms with E-state index < -0.39 is 0 Å². The summed E-state index contributed by atoms with van der Waals surface area (Å²) in [5.74, 6) is 1.21. The fourth-order valence-corrected chi connectivity index (χ4v) is 2.12. The lowest BCUT2D eigenvalue weighted by Crippen LogP contribution is -2.35. The van der Waals surface area contributed by atoms with E-state index in [-0.39, 0.29) is 24.9 Å². The quantitative estimate of drug-likeness (QED) is 0.670. The van der Waals surface area contributed by atoms with Crippen LogP contribution >= 0.6 is 0 Å². The van der Waals surface area contributed by atoms with Crippen molar-refractivity contribution in [1.82, 2.24) is 10.6 Å². The highest BCUT2D eigenvalue weighted by molar-refractivity contribution is 5.94. The number of hydrogen-bond donors (Lipinski definition) is 2. The minimum atomic E-state index is -0.369. The Morgan fingerprint density at radius 1 is 1.19 bits per heavy atom. The van der Waals surface area contributed by atoms with Gasteiger partial charge in [-0.1, -0.05) is 6.07 Å². The van der Waals surface area contributed by atoms with Crippen LogP contribution in [-0.4, -0.2) is 32.1 Å². The fraction of sp³-hybridized carbons (Fsp3) is 0.263. The molecule has 0 aliphatic carbocycles. The average Bonchev–Trinajstić information content (AvgIpc) is 3.17. The molecular weight excluding hydrogens is 336 g/mol. The maximum atomic E-state index is 11.8. The Morgan fingerprint density at radius 3 is 2.73 bits per heavy atom. The third-order valence-electron chi connectivity index (χ3n) is 3.38. The highest BCUT2D eigenvalue weighted by atomic mass is 16.5. The summed E-state index contributed by atoms with van der Waals surface area (Å²) in [5, 5.41) is 5.16. The zero-order chi connectivity index (χ0) is 18.8. The predicted molar refractivity (Wildman–Crippen MR) is 96.8 cm³/mol. The van der Waals surface area contributed by atoms with E-state index in [1.54, 1.807) is 37.5 Å². The van der Waals surface area contributed by atoms with E-state index in [4.69, 9.17) is 13.9 Å². The zero-order valence-corrected chi connectivity index (χ0v) is 14.8. The first-order valence-corrected chi connectivity index (χ1v) is 8.18. The molecule has 0 saturated carbocycles. The Labute approximate surface area is 152 Å². The van der Waals surface area contributed by atoms with Gasteiger partial charge in [0, 0.05) is 6.08 Å². The van der Waals surface area contributed by atoms with Gasteiger partial charge in [-0.15, -0.1) is 0 Å². The number of hydrogen-bond acceptors (Lipinski definition) is 5. The molecule has 2 aromatic rings. The number of carbonyl (C=O) groups is 2. The molecular formula is C19H22N2O5. The van der Waals surface area contributed by atoms with E-state index in [9.17, 15) is 9.59 Å². The standard InChI is InChI=1S/C19H22N2O5/c1-3-25-16-8-6-14(11-17(16)24-2)7-9-18(22)21-13-19(23)20-12-15-5-4-10-26-15/h4-11H,3,12-13H2,1-2H3,(H,20,23)(H,21,22)/b9-7+. The van der Waals surface area contributed by atoms with Crippen LogP contribution in [0.5, 0.6) is 11.5 Å². The largest absolute Gasteiger partial charge is 0.493 e. The van der Waals surface area contributed by atoms with E-state index in [2.05, 4.69) is 10.6 Å². The van der Waals surface area contributed by atoms with Crippen LogP contribution in [-0.2, 0) is 16.1 Å². The normalized spacial score (nSPS) is 10.5. The molecule has 0 spiro atoms. The summed E-state index contributed by atoms with van der Waals surface area (Å²) in [4.78, 5) is 23.5. The maximum Gasteiger partial charge on any atom is 0.244 e. The third-order valence-corrected chi connectivity index (χ3v) is 3.38. The first-order chi connectivity index (χ1) is 12.6. The summed E-state index contributed by atoms with van der Waals surface area (Å²) in [6, 6.07) is 8.86. The predicted octanol–water partition coefficient (Wildman–Crippen LogP) is 2.13. The second-order valence-corrected chi connectivity index (χ2v) is 5.25. The number of carbonyl (C=O) groups excluding carboxylic acids is 2. The summed E-state index contributed by atoms with van der Waals surface area (Å²) in [7, 11) is 1.55. The maximum absolute atomic E-state index is 11.8. The van der Waals surface area contributed by atoms with Gasteiger partial charge in [-0.3, -0.25) is 9.59 Å². The van der Waals surface area contributed by atoms with E-state index in [1.165, 1.54) is 12.3 Å². The number of furan rings is 1. The van der Waals surface area contributed by atoms with Gasteiger partial charge in [0.2, 0.25) is 11.8 Å². The molecule has 0 fully saturated rings. The summed E-state index contributed by atoms with van der Waals surface area (Å²) in [6.07, 6.45) is 4.52. The zero-order valence-electron chi connectivity index (χ0n) is 14.8. The first kappa shape index (κ1) is 19.1. The van der Waals surface area contributed by atoms with Crippen LogP contribution in [0.2, 0.25) is 0 Å². The number of methoxy groups -OCH3 is 1. The van der Waals surface area contributed by atoms with Gasteiger partial charge in [0.15, 0.2) is 11.5 Å². The molecule has 0 aliphatic rings. The lowest BCUT2D eigenvalue weighted by atomic mass is 10.2. The SMILES string of the molecule is CCOc1ccc(/C=C/C(=O)NCC(=O)NCc2ccco2)cc1OC. The van der Waals surface area contributed by atoms with Crippen LogP contribution in [0.3, 0.4) is 0 Å². The molecule has 26 heavy (non-hydrogen) atoms. The number of benzene rings is 1. The molecule has 2 amide bonds. The van der Waals surface area contributed by atoms with Crippen molar-refractivity contribution in [2.24, 2.45) is 0 Å². The molecule has 1 aromatic carbocycles. The molecule has 0 radical (unpaired) electrons. The van der Waals surface area contributed by atoms with Crippen molar-refractivity contribution < 1.29 is 23.5 Å². The van der Waals surface area contributed by atoms with Gasteiger partial charge in [-0.2, -0.15) is 0 Å². The Hall–Kier alpha value is -3.22. The highest BCUT2D eigenvalue weighted by Crippen LogP contribution is 2.28. The molecule has 1 aromatic heterocycles. The van der Waals surface area contributed by atoms with Crippen molar-refractivity contribution in [2.45, 2.75) is 13.5 Å². The average molecular weight is 358 g/mol. The van der Waals surface area contributed by atoms with Crippen molar-refractivity contribution in [3.05, 3.63) is 54.0 Å². The van der Waals surface area contributed by atoms with E-state index in [0.29, 0.717) is 23.9 Å². The van der Waals surface area contributed by atoms with Crippen LogP contribution in [0.1, 0.15) is 18.2 Å². The van der Waals surface area contributed by atoms with E-state index >= 15 is 0 Å². The van der Waals surface area contributed by atoms with Gasteiger partial charge in [-0.05, 0) is 42.8 Å². The lowest BCUT2D eigenvalue weighted by Gasteiger charge is -2.09. The van der Waals surface area contributed by atoms with Gasteiger partial charge >= 0.3 is 0 Å². The number of ether oxygens (including phenoxy) is 2. The van der Waals surface area contributed by atoms with Gasteiger partial charge < -0.3 is 24.5 Å². The number of amides is 2. The van der Waals surface area contributed by atoms with Crippen LogP contribution < -0.4 is 20.1 Å². The molecule has 1 heterocycles. The van der Waals surface area contributed by atoms with Gasteiger partial charge in [-0.25, -0.2) is 0 Å². The minimum Gasteiger partial charge on any atom is -0.493 e. The first-order valence-electron chi connectivity index (χ1n) is 8.18. The van der Waals surface area contributed by atoms with Crippen molar-refractivity contribution >= 4 is 17.9 Å². The summed E-state index contributed by atoms with van der Waals surface area (Å²) < 4.78 is 15.8. The topological polar surface area (TPSA) is 89.8 Å². The Kier molecular flexibility index (Phi) is 7.30. The van der Waals surface area contributed by atoms with Gasteiger partial charge in [0.05, 0.1) is 33.1 Å². The minimum absolute atomic E-state index is 0.115. The number of nitrogens with one attached hydrogen (secondary N) is 2. The molecule has 2 rings (SSSR count). The van der Waals surface area contributed by atoms with E-state index in [0.717, 1.165) is 5.56 Å². The smallest absolute Gasteiger partial charge is 0.244 e. The molecule has 0 unspecified atom stereocenters. The monoisotopic (exact) mass is 358 g/mol. The Bertz CT molecular complexity index is 753. The molecule has 0 aliphatic heterocycles. The second-order valence-electron chi connectivity index (χ2n) is 5.25. The molecule has 138 valence electrons. The molecule has 0 saturated heterocycles. The number of rotatable bonds is 9. The second kappa shape index (κ2) is 9.93. The Balaban J connectivity index is 1.80. The van der Waals surface area contributed by atoms with Gasteiger partial charge in [0.25, 0.3) is 0 Å². The summed E-state index contributed by atoms with van der Waals surface area (Å²) >= 11 is 0. The molecule has 0 bridgehead atoms. The van der Waals surface area contributed by atoms with Crippen molar-refractivity contribution in [3.8, 4) is 11.5 Å². The van der Waals surface area contributed by atoms with E-state index in [1.807, 2.05) is 13.0 Å². The molecule has 7 heteroatoms. The van der Waals surface area contributed by atoms with Crippen LogP contribution in [0, 0.1) is 0 Å². The van der Waals surface area contributed by atoms with Crippen LogP contribution in [0.4, 0.5) is 0 Å². The van der Waals surface area contributed by atoms with Gasteiger partial charge in [0.1, 0.15) is 5.76 Å². The highest BCUT2D eigenvalue weighted by Gasteiger charge is 2.06.